The molecule has 8 heteroatoms. The highest BCUT2D eigenvalue weighted by Crippen LogP contribution is 2.31. The van der Waals surface area contributed by atoms with Gasteiger partial charge in [0.1, 0.15) is 5.82 Å². The molecule has 0 bridgehead atoms. The molecule has 25 heavy (non-hydrogen) atoms. The zero-order chi connectivity index (χ0) is 18.2. The molecule has 0 aliphatic carbocycles. The van der Waals surface area contributed by atoms with Crippen molar-refractivity contribution in [2.45, 2.75) is 11.8 Å². The molecule has 0 fully saturated rings. The Kier molecular flexibility index (Phi) is 4.32. The summed E-state index contributed by atoms with van der Waals surface area (Å²) >= 11 is 0. The van der Waals surface area contributed by atoms with E-state index in [2.05, 4.69) is 15.3 Å². The van der Waals surface area contributed by atoms with E-state index in [9.17, 15) is 13.2 Å². The van der Waals surface area contributed by atoms with E-state index in [1.54, 1.807) is 36.7 Å². The number of carbonyl (C=O) groups is 1. The monoisotopic (exact) mass is 358 g/mol. The highest BCUT2D eigenvalue weighted by atomic mass is 32.2. The topological polar surface area (TPSA) is 95.2 Å². The molecule has 130 valence electrons. The molecule has 1 amide bonds. The Morgan fingerprint density at radius 3 is 2.68 bits per heavy atom. The van der Waals surface area contributed by atoms with Gasteiger partial charge in [0.25, 0.3) is 0 Å². The molecule has 0 aliphatic heterocycles. The summed E-state index contributed by atoms with van der Waals surface area (Å²) in [6, 6.07) is 8.51. The number of pyridine rings is 1. The fourth-order valence-corrected chi connectivity index (χ4v) is 3.49. The summed E-state index contributed by atoms with van der Waals surface area (Å²) in [6.45, 7) is 1.42. The molecule has 2 aromatic heterocycles. The molecule has 0 saturated heterocycles. The number of benzene rings is 1. The van der Waals surface area contributed by atoms with Crippen LogP contribution >= 0.6 is 0 Å². The molecular weight excluding hydrogens is 340 g/mol. The maximum absolute atomic E-state index is 12.4. The van der Waals surface area contributed by atoms with Crippen LogP contribution in [0.25, 0.3) is 22.0 Å². The number of nitrogens with zero attached hydrogens (tertiary/aromatic N) is 2. The van der Waals surface area contributed by atoms with Crippen molar-refractivity contribution in [3.8, 4) is 11.1 Å². The Hall–Kier alpha value is -2.71. The third-order valence-electron chi connectivity index (χ3n) is 3.79. The first-order valence-electron chi connectivity index (χ1n) is 7.57. The van der Waals surface area contributed by atoms with Gasteiger partial charge >= 0.3 is 0 Å². The van der Waals surface area contributed by atoms with Gasteiger partial charge in [-0.05, 0) is 23.8 Å². The van der Waals surface area contributed by atoms with Crippen molar-refractivity contribution in [3.63, 3.8) is 0 Å². The molecule has 0 spiro atoms. The molecule has 0 atom stereocenters. The fourth-order valence-electron chi connectivity index (χ4n) is 2.54. The van der Waals surface area contributed by atoms with Crippen LogP contribution in [0.3, 0.4) is 0 Å². The van der Waals surface area contributed by atoms with Crippen molar-refractivity contribution in [1.82, 2.24) is 14.3 Å². The number of sulfonamides is 1. The van der Waals surface area contributed by atoms with Crippen LogP contribution in [0.4, 0.5) is 5.82 Å². The van der Waals surface area contributed by atoms with Crippen molar-refractivity contribution in [3.05, 3.63) is 42.7 Å². The third kappa shape index (κ3) is 3.26. The standard InChI is InChI=1S/C17H18N4O3S/c1-11(22)20-17-8-14-15(9-18-16(14)10-19-17)12-5-4-6-13(7-12)25(23,24)21(2)3/h4-10,18H,1-3H3,(H,19,20,22). The zero-order valence-corrected chi connectivity index (χ0v) is 14.9. The van der Waals surface area contributed by atoms with E-state index in [0.717, 1.165) is 22.0 Å². The van der Waals surface area contributed by atoms with Gasteiger partial charge in [0.15, 0.2) is 0 Å². The highest BCUT2D eigenvalue weighted by molar-refractivity contribution is 7.89. The largest absolute Gasteiger partial charge is 0.359 e. The first-order chi connectivity index (χ1) is 11.8. The van der Waals surface area contributed by atoms with Gasteiger partial charge in [-0.1, -0.05) is 12.1 Å². The van der Waals surface area contributed by atoms with Gasteiger partial charge in [0, 0.05) is 38.2 Å². The molecule has 2 heterocycles. The van der Waals surface area contributed by atoms with Gasteiger partial charge in [0.2, 0.25) is 15.9 Å². The van der Waals surface area contributed by atoms with Crippen LogP contribution in [0.1, 0.15) is 6.92 Å². The molecule has 0 radical (unpaired) electrons. The fraction of sp³-hybridized carbons (Fsp3) is 0.176. The lowest BCUT2D eigenvalue weighted by Gasteiger charge is -2.12. The maximum atomic E-state index is 12.4. The molecule has 2 N–H and O–H groups in total. The first kappa shape index (κ1) is 17.1. The van der Waals surface area contributed by atoms with Crippen molar-refractivity contribution >= 4 is 32.7 Å². The summed E-state index contributed by atoms with van der Waals surface area (Å²) in [7, 11) is -0.516. The number of fused-ring (bicyclic) bond motifs is 1. The second kappa shape index (κ2) is 6.30. The minimum absolute atomic E-state index is 0.206. The first-order valence-corrected chi connectivity index (χ1v) is 9.01. The minimum atomic E-state index is -3.51. The molecule has 0 unspecified atom stereocenters. The second-order valence-electron chi connectivity index (χ2n) is 5.81. The van der Waals surface area contributed by atoms with E-state index in [1.807, 2.05) is 6.07 Å². The van der Waals surface area contributed by atoms with Gasteiger partial charge < -0.3 is 10.3 Å². The Morgan fingerprint density at radius 2 is 2.00 bits per heavy atom. The van der Waals surface area contributed by atoms with E-state index in [0.29, 0.717) is 5.82 Å². The van der Waals surface area contributed by atoms with E-state index in [-0.39, 0.29) is 10.8 Å². The summed E-state index contributed by atoms with van der Waals surface area (Å²) < 4.78 is 25.9. The average Bonchev–Trinajstić information content (AvgIpc) is 2.97. The van der Waals surface area contributed by atoms with E-state index in [4.69, 9.17) is 0 Å². The minimum Gasteiger partial charge on any atom is -0.359 e. The van der Waals surface area contributed by atoms with Gasteiger partial charge in [-0.15, -0.1) is 0 Å². The second-order valence-corrected chi connectivity index (χ2v) is 7.97. The number of hydrogen-bond acceptors (Lipinski definition) is 4. The number of amides is 1. The molecule has 1 aromatic carbocycles. The van der Waals surface area contributed by atoms with Crippen LogP contribution in [-0.2, 0) is 14.8 Å². The number of carbonyl (C=O) groups excluding carboxylic acids is 1. The Labute approximate surface area is 145 Å². The quantitative estimate of drug-likeness (QED) is 0.749. The number of rotatable bonds is 4. The Bertz CT molecular complexity index is 1050. The van der Waals surface area contributed by atoms with Crippen LogP contribution in [-0.4, -0.2) is 42.7 Å². The Balaban J connectivity index is 2.12. The number of anilines is 1. The SMILES string of the molecule is CC(=O)Nc1cc2c(-c3cccc(S(=O)(=O)N(C)C)c3)c[nH]c2cn1. The summed E-state index contributed by atoms with van der Waals surface area (Å²) in [5.74, 6) is 0.237. The van der Waals surface area contributed by atoms with E-state index in [1.165, 1.54) is 25.3 Å². The van der Waals surface area contributed by atoms with Crippen LogP contribution in [0.5, 0.6) is 0 Å². The molecule has 3 rings (SSSR count). The molecule has 7 nitrogen and oxygen atoms in total. The molecule has 0 saturated carbocycles. The normalized spacial score (nSPS) is 11.8. The predicted molar refractivity (Wildman–Crippen MR) is 96.7 cm³/mol. The summed E-state index contributed by atoms with van der Waals surface area (Å²) in [5, 5.41) is 3.49. The van der Waals surface area contributed by atoms with Crippen molar-refractivity contribution in [2.75, 3.05) is 19.4 Å². The Morgan fingerprint density at radius 1 is 1.24 bits per heavy atom. The maximum Gasteiger partial charge on any atom is 0.242 e. The smallest absolute Gasteiger partial charge is 0.242 e. The van der Waals surface area contributed by atoms with Crippen molar-refractivity contribution in [1.29, 1.82) is 0 Å². The van der Waals surface area contributed by atoms with Crippen LogP contribution in [0, 0.1) is 0 Å². The molecular formula is C17H18N4O3S. The van der Waals surface area contributed by atoms with Gasteiger partial charge in [-0.2, -0.15) is 0 Å². The van der Waals surface area contributed by atoms with Gasteiger partial charge in [0.05, 0.1) is 16.6 Å². The molecule has 0 aliphatic rings. The van der Waals surface area contributed by atoms with E-state index < -0.39 is 10.0 Å². The summed E-state index contributed by atoms with van der Waals surface area (Å²) in [5.41, 5.74) is 2.39. The lowest BCUT2D eigenvalue weighted by atomic mass is 10.1. The van der Waals surface area contributed by atoms with Crippen LogP contribution in [0.15, 0.2) is 47.6 Å². The number of hydrogen-bond donors (Lipinski definition) is 2. The van der Waals surface area contributed by atoms with Crippen molar-refractivity contribution < 1.29 is 13.2 Å². The number of aromatic nitrogens is 2. The number of H-pyrrole nitrogens is 1. The zero-order valence-electron chi connectivity index (χ0n) is 14.1. The third-order valence-corrected chi connectivity index (χ3v) is 5.60. The highest BCUT2D eigenvalue weighted by Gasteiger charge is 2.18. The lowest BCUT2D eigenvalue weighted by Crippen LogP contribution is -2.22. The average molecular weight is 358 g/mol. The van der Waals surface area contributed by atoms with E-state index >= 15 is 0 Å². The number of nitrogens with one attached hydrogen (secondary N) is 2. The van der Waals surface area contributed by atoms with Crippen LogP contribution < -0.4 is 5.32 Å². The lowest BCUT2D eigenvalue weighted by molar-refractivity contribution is -0.114. The van der Waals surface area contributed by atoms with Crippen molar-refractivity contribution in [2.24, 2.45) is 0 Å². The van der Waals surface area contributed by atoms with Crippen LogP contribution in [0.2, 0.25) is 0 Å². The summed E-state index contributed by atoms with van der Waals surface area (Å²) in [4.78, 5) is 18.7. The molecule has 3 aromatic rings. The van der Waals surface area contributed by atoms with Gasteiger partial charge in [-0.25, -0.2) is 17.7 Å². The number of aromatic amines is 1. The van der Waals surface area contributed by atoms with Gasteiger partial charge in [-0.3, -0.25) is 4.79 Å². The predicted octanol–water partition coefficient (Wildman–Crippen LogP) is 2.44. The summed E-state index contributed by atoms with van der Waals surface area (Å²) in [6.07, 6.45) is 3.43.